The molecule has 0 saturated heterocycles. The minimum absolute atomic E-state index is 0.175. The highest BCUT2D eigenvalue weighted by Gasteiger charge is 1.94. The smallest absolute Gasteiger partial charge is 0.240 e. The maximum Gasteiger partial charge on any atom is 0.240 e. The van der Waals surface area contributed by atoms with Gasteiger partial charge in [0.25, 0.3) is 0 Å². The molecule has 4 heteroatoms. The number of rotatable bonds is 4. The second kappa shape index (κ2) is 5.09. The van der Waals surface area contributed by atoms with Crippen LogP contribution in [0.5, 0.6) is 5.75 Å². The summed E-state index contributed by atoms with van der Waals surface area (Å²) in [6.45, 7) is 0.175. The number of aliphatic imine (C=N–C) groups is 1. The highest BCUT2D eigenvalue weighted by molar-refractivity contribution is 5.51. The molecule has 0 atom stereocenters. The fraction of sp³-hybridized carbons (Fsp3) is 0.222. The summed E-state index contributed by atoms with van der Waals surface area (Å²) in [5.41, 5.74) is 0.517. The number of methoxy groups -OCH3 is 1. The molecular weight excluding hydrogens is 170 g/mol. The second-order valence-corrected chi connectivity index (χ2v) is 2.25. The van der Waals surface area contributed by atoms with Gasteiger partial charge < -0.3 is 9.47 Å². The molecule has 0 aliphatic rings. The van der Waals surface area contributed by atoms with E-state index in [9.17, 15) is 4.79 Å². The third kappa shape index (κ3) is 3.07. The van der Waals surface area contributed by atoms with E-state index in [2.05, 4.69) is 4.99 Å². The van der Waals surface area contributed by atoms with Gasteiger partial charge in [-0.2, -0.15) is 4.99 Å². The Labute approximate surface area is 75.8 Å². The van der Waals surface area contributed by atoms with Gasteiger partial charge in [-0.05, 0) is 12.1 Å². The molecule has 0 spiro atoms. The van der Waals surface area contributed by atoms with Crippen molar-refractivity contribution in [2.75, 3.05) is 13.9 Å². The molecule has 0 N–H and O–H groups in total. The molecule has 0 saturated carbocycles. The Hall–Kier alpha value is -1.64. The zero-order chi connectivity index (χ0) is 9.52. The van der Waals surface area contributed by atoms with E-state index in [1.165, 1.54) is 13.2 Å². The van der Waals surface area contributed by atoms with Crippen molar-refractivity contribution in [2.45, 2.75) is 0 Å². The number of benzene rings is 1. The van der Waals surface area contributed by atoms with Crippen molar-refractivity contribution in [3.8, 4) is 5.75 Å². The molecular formula is C9H9NO3. The molecule has 4 nitrogen and oxygen atoms in total. The van der Waals surface area contributed by atoms with E-state index in [4.69, 9.17) is 9.47 Å². The van der Waals surface area contributed by atoms with Crippen LogP contribution in [0.1, 0.15) is 0 Å². The quantitative estimate of drug-likeness (QED) is 0.401. The molecule has 0 heterocycles. The van der Waals surface area contributed by atoms with Gasteiger partial charge in [0, 0.05) is 13.2 Å². The number of carbonyl (C=O) groups excluding carboxylic acids is 1. The first-order valence-corrected chi connectivity index (χ1v) is 3.66. The standard InChI is InChI=1S/C9H9NO3/c1-12-7-13-9-4-2-3-8(5-9)10-6-11/h2-5H,7H2,1H3. The monoisotopic (exact) mass is 179 g/mol. The second-order valence-electron chi connectivity index (χ2n) is 2.25. The summed E-state index contributed by atoms with van der Waals surface area (Å²) < 4.78 is 9.85. The van der Waals surface area contributed by atoms with Crippen LogP contribution in [-0.4, -0.2) is 20.0 Å². The highest BCUT2D eigenvalue weighted by Crippen LogP contribution is 2.18. The van der Waals surface area contributed by atoms with Crippen molar-refractivity contribution in [3.63, 3.8) is 0 Å². The zero-order valence-electron chi connectivity index (χ0n) is 7.19. The predicted octanol–water partition coefficient (Wildman–Crippen LogP) is 1.64. The van der Waals surface area contributed by atoms with Gasteiger partial charge in [0.2, 0.25) is 6.08 Å². The number of nitrogens with zero attached hydrogens (tertiary/aromatic N) is 1. The fourth-order valence-electron chi connectivity index (χ4n) is 0.823. The van der Waals surface area contributed by atoms with Crippen molar-refractivity contribution >= 4 is 11.8 Å². The summed E-state index contributed by atoms with van der Waals surface area (Å²) in [5.74, 6) is 0.610. The summed E-state index contributed by atoms with van der Waals surface area (Å²) in [6.07, 6.45) is 1.46. The summed E-state index contributed by atoms with van der Waals surface area (Å²) in [4.78, 5) is 13.4. The van der Waals surface area contributed by atoms with Crippen LogP contribution in [0.15, 0.2) is 29.3 Å². The van der Waals surface area contributed by atoms with E-state index >= 15 is 0 Å². The molecule has 0 fully saturated rings. The van der Waals surface area contributed by atoms with E-state index in [0.717, 1.165) is 0 Å². The van der Waals surface area contributed by atoms with E-state index in [-0.39, 0.29) is 6.79 Å². The first-order chi connectivity index (χ1) is 6.36. The van der Waals surface area contributed by atoms with Gasteiger partial charge in [0.1, 0.15) is 5.75 Å². The summed E-state index contributed by atoms with van der Waals surface area (Å²) >= 11 is 0. The fourth-order valence-corrected chi connectivity index (χ4v) is 0.823. The number of ether oxygens (including phenoxy) is 2. The van der Waals surface area contributed by atoms with Gasteiger partial charge in [-0.25, -0.2) is 4.79 Å². The molecule has 0 radical (unpaired) electrons. The molecule has 0 aliphatic heterocycles. The Morgan fingerprint density at radius 3 is 3.08 bits per heavy atom. The van der Waals surface area contributed by atoms with Crippen LogP contribution < -0.4 is 4.74 Å². The van der Waals surface area contributed by atoms with E-state index in [1.54, 1.807) is 24.3 Å². The third-order valence-corrected chi connectivity index (χ3v) is 1.34. The predicted molar refractivity (Wildman–Crippen MR) is 46.7 cm³/mol. The molecule has 0 amide bonds. The molecule has 13 heavy (non-hydrogen) atoms. The Balaban J connectivity index is 2.73. The van der Waals surface area contributed by atoms with Gasteiger partial charge >= 0.3 is 0 Å². The average Bonchev–Trinajstić information content (AvgIpc) is 2.16. The normalized spacial score (nSPS) is 9.00. The van der Waals surface area contributed by atoms with Crippen LogP contribution in [0.2, 0.25) is 0 Å². The maximum atomic E-state index is 9.94. The van der Waals surface area contributed by atoms with Gasteiger partial charge in [0.05, 0.1) is 5.69 Å². The Morgan fingerprint density at radius 2 is 2.38 bits per heavy atom. The first-order valence-electron chi connectivity index (χ1n) is 3.66. The van der Waals surface area contributed by atoms with E-state index in [1.807, 2.05) is 0 Å². The lowest BCUT2D eigenvalue weighted by molar-refractivity contribution is 0.0512. The van der Waals surface area contributed by atoms with E-state index < -0.39 is 0 Å². The molecule has 0 unspecified atom stereocenters. The van der Waals surface area contributed by atoms with Crippen LogP contribution in [0.4, 0.5) is 5.69 Å². The van der Waals surface area contributed by atoms with Gasteiger partial charge in [0.15, 0.2) is 6.79 Å². The summed E-state index contributed by atoms with van der Waals surface area (Å²) in [6, 6.07) is 6.80. The van der Waals surface area contributed by atoms with Gasteiger partial charge in [-0.3, -0.25) is 0 Å². The third-order valence-electron chi connectivity index (χ3n) is 1.34. The number of hydrogen-bond acceptors (Lipinski definition) is 4. The van der Waals surface area contributed by atoms with Crippen molar-refractivity contribution in [3.05, 3.63) is 24.3 Å². The minimum atomic E-state index is 0.175. The highest BCUT2D eigenvalue weighted by atomic mass is 16.7. The summed E-state index contributed by atoms with van der Waals surface area (Å²) in [5, 5.41) is 0. The minimum Gasteiger partial charge on any atom is -0.467 e. The topological polar surface area (TPSA) is 47.9 Å². The zero-order valence-corrected chi connectivity index (χ0v) is 7.19. The Bertz CT molecular complexity index is 318. The maximum absolute atomic E-state index is 9.94. The molecule has 1 aromatic carbocycles. The first kappa shape index (κ1) is 9.45. The van der Waals surface area contributed by atoms with Gasteiger partial charge in [-0.15, -0.1) is 0 Å². The molecule has 0 bridgehead atoms. The molecule has 0 aliphatic carbocycles. The van der Waals surface area contributed by atoms with Crippen molar-refractivity contribution in [2.24, 2.45) is 4.99 Å². The SMILES string of the molecule is COCOc1cccc(N=C=O)c1. The average molecular weight is 179 g/mol. The lowest BCUT2D eigenvalue weighted by Crippen LogP contribution is -1.98. The summed E-state index contributed by atoms with van der Waals surface area (Å²) in [7, 11) is 1.54. The molecule has 0 aromatic heterocycles. The molecule has 1 aromatic rings. The van der Waals surface area contributed by atoms with Crippen LogP contribution in [-0.2, 0) is 9.53 Å². The van der Waals surface area contributed by atoms with Crippen LogP contribution in [0.25, 0.3) is 0 Å². The van der Waals surface area contributed by atoms with Crippen LogP contribution >= 0.6 is 0 Å². The lowest BCUT2D eigenvalue weighted by atomic mass is 10.3. The van der Waals surface area contributed by atoms with Gasteiger partial charge in [-0.1, -0.05) is 6.07 Å². The number of isocyanates is 1. The van der Waals surface area contributed by atoms with E-state index in [0.29, 0.717) is 11.4 Å². The lowest BCUT2D eigenvalue weighted by Gasteiger charge is -2.03. The molecule has 1 rings (SSSR count). The van der Waals surface area contributed by atoms with Crippen LogP contribution in [0.3, 0.4) is 0 Å². The van der Waals surface area contributed by atoms with Crippen molar-refractivity contribution in [1.82, 2.24) is 0 Å². The van der Waals surface area contributed by atoms with Crippen molar-refractivity contribution < 1.29 is 14.3 Å². The molecule has 68 valence electrons. The van der Waals surface area contributed by atoms with Crippen LogP contribution in [0, 0.1) is 0 Å². The Morgan fingerprint density at radius 1 is 1.54 bits per heavy atom. The number of hydrogen-bond donors (Lipinski definition) is 0. The van der Waals surface area contributed by atoms with Crippen molar-refractivity contribution in [1.29, 1.82) is 0 Å². The Kier molecular flexibility index (Phi) is 3.70. The largest absolute Gasteiger partial charge is 0.467 e.